The monoisotopic (exact) mass is 321 g/mol. The van der Waals surface area contributed by atoms with Gasteiger partial charge in [-0.3, -0.25) is 24.0 Å². The largest absolute Gasteiger partial charge is 0.499 e. The van der Waals surface area contributed by atoms with Crippen LogP contribution in [0.4, 0.5) is 0 Å². The van der Waals surface area contributed by atoms with Gasteiger partial charge in [0.1, 0.15) is 5.56 Å². The number of rotatable bonds is 4. The van der Waals surface area contributed by atoms with Crippen molar-refractivity contribution in [3.8, 4) is 5.06 Å². The molecule has 0 spiro atoms. The van der Waals surface area contributed by atoms with E-state index in [2.05, 4.69) is 5.10 Å². The molecule has 2 heterocycles. The molecule has 0 radical (unpaired) electrons. The summed E-state index contributed by atoms with van der Waals surface area (Å²) in [4.78, 5) is 36.0. The van der Waals surface area contributed by atoms with Gasteiger partial charge in [-0.15, -0.1) is 0 Å². The maximum atomic E-state index is 12.1. The number of carbonyl (C=O) groups is 1. The van der Waals surface area contributed by atoms with Gasteiger partial charge in [-0.1, -0.05) is 0 Å². The van der Waals surface area contributed by atoms with Crippen LogP contribution in [0.25, 0.3) is 6.08 Å². The number of nitrogens with zero attached hydrogens (tertiary/aromatic N) is 2. The second-order valence-electron chi connectivity index (χ2n) is 4.62. The van der Waals surface area contributed by atoms with Crippen LogP contribution in [0.15, 0.2) is 15.7 Å². The molecule has 0 unspecified atom stereocenters. The number of aromatic hydroxyl groups is 1. The number of H-pyrrole nitrogens is 1. The Morgan fingerprint density at radius 3 is 2.64 bits per heavy atom. The molecule has 2 aromatic heterocycles. The van der Waals surface area contributed by atoms with Gasteiger partial charge in [-0.2, -0.15) is 5.10 Å². The molecule has 0 amide bonds. The maximum absolute atomic E-state index is 12.1. The Morgan fingerprint density at radius 1 is 1.41 bits per heavy atom. The standard InChI is InChI=1S/C14H15N3O4S/c1-4-17-8(3)9(7(2)16-17)5-6-10(18)11-12(19)15-14(21)22-13(11)20/h5-6,20H,4H2,1-3H3,(H,15,19,21). The Labute approximate surface area is 129 Å². The first-order chi connectivity index (χ1) is 10.3. The average Bonchev–Trinajstić information content (AvgIpc) is 2.70. The number of aromatic amines is 1. The minimum absolute atomic E-state index is 0.410. The van der Waals surface area contributed by atoms with E-state index < -0.39 is 26.8 Å². The summed E-state index contributed by atoms with van der Waals surface area (Å²) in [5.41, 5.74) is 1.13. The van der Waals surface area contributed by atoms with Gasteiger partial charge in [0, 0.05) is 17.8 Å². The van der Waals surface area contributed by atoms with Crippen molar-refractivity contribution in [1.29, 1.82) is 0 Å². The van der Waals surface area contributed by atoms with E-state index in [0.717, 1.165) is 17.0 Å². The second kappa shape index (κ2) is 6.10. The first-order valence-corrected chi connectivity index (χ1v) is 7.39. The van der Waals surface area contributed by atoms with E-state index in [-0.39, 0.29) is 0 Å². The first kappa shape index (κ1) is 15.9. The van der Waals surface area contributed by atoms with E-state index in [1.807, 2.05) is 25.8 Å². The molecule has 0 aliphatic carbocycles. The number of nitrogens with one attached hydrogen (secondary N) is 1. The normalized spacial score (nSPS) is 11.2. The Hall–Kier alpha value is -2.48. The van der Waals surface area contributed by atoms with Gasteiger partial charge in [0.15, 0.2) is 10.8 Å². The third kappa shape index (κ3) is 2.91. The topological polar surface area (TPSA) is 105 Å². The van der Waals surface area contributed by atoms with Crippen LogP contribution in [0.3, 0.4) is 0 Å². The molecule has 7 nitrogen and oxygen atoms in total. The third-order valence-corrected chi connectivity index (χ3v) is 3.92. The number of ketones is 1. The second-order valence-corrected chi connectivity index (χ2v) is 5.58. The van der Waals surface area contributed by atoms with Crippen molar-refractivity contribution >= 4 is 23.2 Å². The molecular formula is C14H15N3O4S. The van der Waals surface area contributed by atoms with Crippen LogP contribution in [0.2, 0.25) is 0 Å². The highest BCUT2D eigenvalue weighted by molar-refractivity contribution is 7.11. The number of aryl methyl sites for hydroxylation is 2. The van der Waals surface area contributed by atoms with Crippen molar-refractivity contribution in [2.24, 2.45) is 0 Å². The number of aromatic nitrogens is 3. The predicted octanol–water partition coefficient (Wildman–Crippen LogP) is 1.23. The van der Waals surface area contributed by atoms with Gasteiger partial charge in [0.05, 0.1) is 5.69 Å². The lowest BCUT2D eigenvalue weighted by molar-refractivity contribution is 0.104. The van der Waals surface area contributed by atoms with Crippen LogP contribution in [0, 0.1) is 13.8 Å². The molecule has 0 aliphatic rings. The van der Waals surface area contributed by atoms with E-state index in [0.29, 0.717) is 17.9 Å². The highest BCUT2D eigenvalue weighted by atomic mass is 32.1. The third-order valence-electron chi connectivity index (χ3n) is 3.23. The molecule has 0 bridgehead atoms. The summed E-state index contributed by atoms with van der Waals surface area (Å²) in [6, 6.07) is 0. The molecule has 0 aliphatic heterocycles. The highest BCUT2D eigenvalue weighted by Gasteiger charge is 2.16. The number of allylic oxidation sites excluding steroid dienone is 1. The van der Waals surface area contributed by atoms with Crippen LogP contribution in [0.5, 0.6) is 5.06 Å². The Balaban J connectivity index is 2.40. The van der Waals surface area contributed by atoms with Crippen molar-refractivity contribution in [2.45, 2.75) is 27.3 Å². The quantitative estimate of drug-likeness (QED) is 0.651. The summed E-state index contributed by atoms with van der Waals surface area (Å²) in [6.07, 6.45) is 2.75. The molecular weight excluding hydrogens is 306 g/mol. The lowest BCUT2D eigenvalue weighted by atomic mass is 10.1. The van der Waals surface area contributed by atoms with Crippen molar-refractivity contribution in [3.63, 3.8) is 0 Å². The summed E-state index contributed by atoms with van der Waals surface area (Å²) < 4.78 is 1.80. The minimum atomic E-state index is -0.895. The van der Waals surface area contributed by atoms with Crippen molar-refractivity contribution in [2.75, 3.05) is 0 Å². The van der Waals surface area contributed by atoms with Gasteiger partial charge in [0.2, 0.25) is 0 Å². The van der Waals surface area contributed by atoms with Crippen molar-refractivity contribution in [1.82, 2.24) is 14.8 Å². The Bertz CT molecular complexity index is 873. The summed E-state index contributed by atoms with van der Waals surface area (Å²) in [5, 5.41) is 13.4. The molecule has 2 aromatic rings. The van der Waals surface area contributed by atoms with Gasteiger partial charge < -0.3 is 5.11 Å². The zero-order valence-corrected chi connectivity index (χ0v) is 13.2. The smallest absolute Gasteiger partial charge is 0.310 e. The van der Waals surface area contributed by atoms with Crippen LogP contribution < -0.4 is 10.4 Å². The number of hydrogen-bond donors (Lipinski definition) is 2. The van der Waals surface area contributed by atoms with E-state index in [1.54, 1.807) is 10.8 Å². The Kier molecular flexibility index (Phi) is 4.41. The molecule has 0 aromatic carbocycles. The van der Waals surface area contributed by atoms with Crippen LogP contribution in [-0.2, 0) is 6.54 Å². The maximum Gasteiger partial charge on any atom is 0.310 e. The molecule has 0 saturated heterocycles. The van der Waals surface area contributed by atoms with Gasteiger partial charge in [-0.05, 0) is 44.3 Å². The molecule has 0 saturated carbocycles. The molecule has 22 heavy (non-hydrogen) atoms. The molecule has 0 fully saturated rings. The lowest BCUT2D eigenvalue weighted by Gasteiger charge is -1.99. The minimum Gasteiger partial charge on any atom is -0.499 e. The molecule has 8 heteroatoms. The fourth-order valence-electron chi connectivity index (χ4n) is 2.14. The number of hydrogen-bond acceptors (Lipinski definition) is 6. The van der Waals surface area contributed by atoms with E-state index in [9.17, 15) is 19.5 Å². The van der Waals surface area contributed by atoms with Gasteiger partial charge in [-0.25, -0.2) is 0 Å². The zero-order valence-electron chi connectivity index (χ0n) is 12.3. The first-order valence-electron chi connectivity index (χ1n) is 6.58. The summed E-state index contributed by atoms with van der Waals surface area (Å²) >= 11 is 0.410. The lowest BCUT2D eigenvalue weighted by Crippen LogP contribution is -2.22. The van der Waals surface area contributed by atoms with Crippen LogP contribution in [-0.4, -0.2) is 25.7 Å². The van der Waals surface area contributed by atoms with E-state index >= 15 is 0 Å². The molecule has 2 rings (SSSR count). The summed E-state index contributed by atoms with van der Waals surface area (Å²) in [6.45, 7) is 6.37. The average molecular weight is 321 g/mol. The van der Waals surface area contributed by atoms with Crippen LogP contribution in [0.1, 0.15) is 34.2 Å². The molecule has 0 atom stereocenters. The fraction of sp³-hybridized carbons (Fsp3) is 0.286. The predicted molar refractivity (Wildman–Crippen MR) is 83.6 cm³/mol. The van der Waals surface area contributed by atoms with Crippen molar-refractivity contribution in [3.05, 3.63) is 48.6 Å². The van der Waals surface area contributed by atoms with Crippen molar-refractivity contribution < 1.29 is 9.90 Å². The van der Waals surface area contributed by atoms with E-state index in [4.69, 9.17) is 0 Å². The van der Waals surface area contributed by atoms with Gasteiger partial charge in [0.25, 0.3) is 5.56 Å². The summed E-state index contributed by atoms with van der Waals surface area (Å²) in [7, 11) is 0. The zero-order chi connectivity index (χ0) is 16.4. The van der Waals surface area contributed by atoms with Crippen LogP contribution >= 0.6 is 11.3 Å². The molecule has 116 valence electrons. The fourth-order valence-corrected chi connectivity index (χ4v) is 2.75. The van der Waals surface area contributed by atoms with E-state index in [1.165, 1.54) is 6.08 Å². The SMILES string of the molecule is CCn1nc(C)c(C=CC(=O)c2c(O)sc(=O)[nH]c2=O)c1C. The molecule has 2 N–H and O–H groups in total. The Morgan fingerprint density at radius 2 is 2.09 bits per heavy atom. The van der Waals surface area contributed by atoms with Gasteiger partial charge >= 0.3 is 4.87 Å². The number of carbonyl (C=O) groups excluding carboxylic acids is 1. The summed E-state index contributed by atoms with van der Waals surface area (Å²) in [5.74, 6) is -0.668. The highest BCUT2D eigenvalue weighted by Crippen LogP contribution is 2.18.